The maximum absolute atomic E-state index is 13.5. The molecular weight excluding hydrogens is 767 g/mol. The van der Waals surface area contributed by atoms with E-state index in [2.05, 4.69) is 26.6 Å². The predicted molar refractivity (Wildman–Crippen MR) is 214 cm³/mol. The SMILES string of the molecule is CC(C)C[C@H](NC(=O)[C@@H]1CCCN1C(=O)[C@@H](C)NC(=O)OC(C)(C)C)C(=O)NCC(=O)N1CCC[C@H]1C(=O)NC(=O)CNc1ccc(N(CCCl)CCCl)cc1. The average Bonchev–Trinajstić information content (AvgIpc) is 3.83. The van der Waals surface area contributed by atoms with E-state index in [-0.39, 0.29) is 25.4 Å². The summed E-state index contributed by atoms with van der Waals surface area (Å²) in [6.45, 7) is 11.6. The molecule has 0 spiro atoms. The zero-order chi connectivity index (χ0) is 41.6. The van der Waals surface area contributed by atoms with Crippen molar-refractivity contribution in [2.24, 2.45) is 5.92 Å². The van der Waals surface area contributed by atoms with E-state index >= 15 is 0 Å². The van der Waals surface area contributed by atoms with Gasteiger partial charge in [0.2, 0.25) is 35.4 Å². The number of anilines is 2. The van der Waals surface area contributed by atoms with Gasteiger partial charge >= 0.3 is 6.09 Å². The Morgan fingerprint density at radius 1 is 0.839 bits per heavy atom. The Hall–Kier alpha value is -4.31. The van der Waals surface area contributed by atoms with Crippen molar-refractivity contribution in [1.82, 2.24) is 31.1 Å². The molecule has 2 aliphatic heterocycles. The number of imide groups is 1. The summed E-state index contributed by atoms with van der Waals surface area (Å²) in [6, 6.07) is 3.69. The Morgan fingerprint density at radius 2 is 1.43 bits per heavy atom. The number of rotatable bonds is 18. The monoisotopic (exact) mass is 824 g/mol. The van der Waals surface area contributed by atoms with Gasteiger partial charge in [0.1, 0.15) is 29.8 Å². The summed E-state index contributed by atoms with van der Waals surface area (Å²) < 4.78 is 5.24. The number of ether oxygens (including phenoxy) is 1. The molecule has 312 valence electrons. The first-order valence-corrected chi connectivity index (χ1v) is 20.2. The van der Waals surface area contributed by atoms with Crippen molar-refractivity contribution in [1.29, 1.82) is 0 Å². The van der Waals surface area contributed by atoms with Crippen LogP contribution in [0.25, 0.3) is 0 Å². The van der Waals surface area contributed by atoms with E-state index in [1.54, 1.807) is 20.8 Å². The fraction of sp³-hybridized carbons (Fsp3) is 0.658. The Labute approximate surface area is 339 Å². The summed E-state index contributed by atoms with van der Waals surface area (Å²) in [5.74, 6) is -2.35. The van der Waals surface area contributed by atoms with Crippen molar-refractivity contribution in [2.45, 2.75) is 103 Å². The second-order valence-corrected chi connectivity index (χ2v) is 16.1. The maximum atomic E-state index is 13.5. The van der Waals surface area contributed by atoms with Crippen LogP contribution in [-0.4, -0.2) is 132 Å². The molecule has 16 nitrogen and oxygen atoms in total. The van der Waals surface area contributed by atoms with Crippen LogP contribution >= 0.6 is 23.2 Å². The number of alkyl carbamates (subject to hydrolysis) is 1. The first-order chi connectivity index (χ1) is 26.4. The molecule has 2 aliphatic rings. The van der Waals surface area contributed by atoms with Crippen LogP contribution in [-0.2, 0) is 33.5 Å². The first-order valence-electron chi connectivity index (χ1n) is 19.2. The van der Waals surface area contributed by atoms with Crippen LogP contribution in [0.5, 0.6) is 0 Å². The van der Waals surface area contributed by atoms with E-state index in [0.717, 1.165) is 5.69 Å². The lowest BCUT2D eigenvalue weighted by atomic mass is 10.0. The molecule has 2 fully saturated rings. The molecule has 18 heteroatoms. The van der Waals surface area contributed by atoms with Crippen molar-refractivity contribution in [3.63, 3.8) is 0 Å². The lowest BCUT2D eigenvalue weighted by Crippen LogP contribution is -2.57. The van der Waals surface area contributed by atoms with Gasteiger partial charge in [-0.05, 0) is 90.0 Å². The van der Waals surface area contributed by atoms with Gasteiger partial charge in [-0.3, -0.25) is 34.1 Å². The number of likely N-dealkylation sites (tertiary alicyclic amines) is 2. The van der Waals surface area contributed by atoms with Crippen molar-refractivity contribution >= 4 is 76.1 Å². The van der Waals surface area contributed by atoms with Gasteiger partial charge in [-0.2, -0.15) is 0 Å². The average molecular weight is 826 g/mol. The minimum atomic E-state index is -1.00. The molecule has 4 atom stereocenters. The van der Waals surface area contributed by atoms with E-state index in [4.69, 9.17) is 27.9 Å². The Morgan fingerprint density at radius 3 is 2.00 bits per heavy atom. The van der Waals surface area contributed by atoms with Crippen LogP contribution in [0.4, 0.5) is 16.2 Å². The third kappa shape index (κ3) is 14.3. The highest BCUT2D eigenvalue weighted by molar-refractivity contribution is 6.18. The summed E-state index contributed by atoms with van der Waals surface area (Å²) >= 11 is 11.8. The number of hydrogen-bond acceptors (Lipinski definition) is 10. The number of carbonyl (C=O) groups is 7. The molecule has 0 aromatic heterocycles. The summed E-state index contributed by atoms with van der Waals surface area (Å²) in [4.78, 5) is 96.2. The lowest BCUT2D eigenvalue weighted by molar-refractivity contribution is -0.141. The van der Waals surface area contributed by atoms with Crippen LogP contribution in [0.15, 0.2) is 24.3 Å². The highest BCUT2D eigenvalue weighted by Crippen LogP contribution is 2.21. The number of hydrogen-bond donors (Lipinski definition) is 5. The minimum absolute atomic E-state index is 0.00769. The Balaban J connectivity index is 1.52. The van der Waals surface area contributed by atoms with E-state index in [9.17, 15) is 33.6 Å². The molecule has 0 saturated carbocycles. The molecule has 3 rings (SSSR count). The topological polar surface area (TPSA) is 199 Å². The van der Waals surface area contributed by atoms with Crippen LogP contribution in [0.3, 0.4) is 0 Å². The smallest absolute Gasteiger partial charge is 0.408 e. The number of amides is 7. The van der Waals surface area contributed by atoms with E-state index in [1.807, 2.05) is 43.0 Å². The molecule has 2 heterocycles. The van der Waals surface area contributed by atoms with E-state index < -0.39 is 77.8 Å². The zero-order valence-corrected chi connectivity index (χ0v) is 34.8. The van der Waals surface area contributed by atoms with Gasteiger partial charge in [0.05, 0.1) is 13.1 Å². The molecule has 0 unspecified atom stereocenters. The third-order valence-electron chi connectivity index (χ3n) is 9.23. The van der Waals surface area contributed by atoms with Crippen molar-refractivity contribution in [3.8, 4) is 0 Å². The molecule has 56 heavy (non-hydrogen) atoms. The predicted octanol–water partition coefficient (Wildman–Crippen LogP) is 2.57. The molecule has 0 radical (unpaired) electrons. The quantitative estimate of drug-likeness (QED) is 0.137. The second-order valence-electron chi connectivity index (χ2n) is 15.4. The molecule has 5 N–H and O–H groups in total. The number of alkyl halides is 2. The second kappa shape index (κ2) is 21.8. The highest BCUT2D eigenvalue weighted by atomic mass is 35.5. The summed E-state index contributed by atoms with van der Waals surface area (Å²) in [5, 5.41) is 13.2. The summed E-state index contributed by atoms with van der Waals surface area (Å²) in [7, 11) is 0. The first kappa shape index (κ1) is 46.1. The molecule has 1 aromatic carbocycles. The van der Waals surface area contributed by atoms with Crippen molar-refractivity contribution in [3.05, 3.63) is 24.3 Å². The van der Waals surface area contributed by atoms with E-state index in [0.29, 0.717) is 62.8 Å². The van der Waals surface area contributed by atoms with Gasteiger partial charge in [-0.15, -0.1) is 23.2 Å². The standard InChI is InChI=1S/C38H58Cl2N8O8/c1-24(2)21-28(44-34(52)30-10-8-18-48(30)36(54)25(3)43-37(55)56-38(4,5)6)33(51)42-23-32(50)47-17-7-9-29(47)35(53)45-31(49)22-41-26-11-13-27(14-12-26)46(19-15-39)20-16-40/h11-14,24-25,28-30,41H,7-10,15-23H2,1-6H3,(H,42,51)(H,43,55)(H,44,52)(H,45,49,53)/t25-,28+,29+,30+/m1/s1. The van der Waals surface area contributed by atoms with Gasteiger partial charge in [0.25, 0.3) is 0 Å². The number of nitrogens with zero attached hydrogens (tertiary/aromatic N) is 3. The number of benzene rings is 1. The number of nitrogens with one attached hydrogen (secondary N) is 5. The summed E-state index contributed by atoms with van der Waals surface area (Å²) in [5.41, 5.74) is 0.853. The molecular formula is C38H58Cl2N8O8. The van der Waals surface area contributed by atoms with E-state index in [1.165, 1.54) is 16.7 Å². The highest BCUT2D eigenvalue weighted by Gasteiger charge is 2.39. The van der Waals surface area contributed by atoms with Gasteiger partial charge in [0, 0.05) is 49.3 Å². The van der Waals surface area contributed by atoms with Gasteiger partial charge < -0.3 is 40.7 Å². The van der Waals surface area contributed by atoms with Crippen molar-refractivity contribution in [2.75, 3.05) is 61.2 Å². The van der Waals surface area contributed by atoms with Crippen LogP contribution in [0, 0.1) is 5.92 Å². The molecule has 0 bridgehead atoms. The fourth-order valence-corrected chi connectivity index (χ4v) is 7.01. The zero-order valence-electron chi connectivity index (χ0n) is 33.3. The summed E-state index contributed by atoms with van der Waals surface area (Å²) in [6.07, 6.45) is 1.33. The Bertz CT molecular complexity index is 1530. The van der Waals surface area contributed by atoms with Crippen LogP contribution in [0.1, 0.15) is 73.6 Å². The van der Waals surface area contributed by atoms with Gasteiger partial charge in [-0.1, -0.05) is 13.8 Å². The van der Waals surface area contributed by atoms with Crippen LogP contribution in [0.2, 0.25) is 0 Å². The molecule has 0 aliphatic carbocycles. The Kier molecular flexibility index (Phi) is 18.0. The lowest BCUT2D eigenvalue weighted by Gasteiger charge is -2.29. The number of carbonyl (C=O) groups excluding carboxylic acids is 7. The number of halogens is 2. The maximum Gasteiger partial charge on any atom is 0.408 e. The molecule has 2 saturated heterocycles. The minimum Gasteiger partial charge on any atom is -0.444 e. The fourth-order valence-electron chi connectivity index (χ4n) is 6.61. The molecule has 7 amide bonds. The third-order valence-corrected chi connectivity index (χ3v) is 9.57. The largest absolute Gasteiger partial charge is 0.444 e. The van der Waals surface area contributed by atoms with Gasteiger partial charge in [0.15, 0.2) is 0 Å². The normalized spacial score (nSPS) is 17.8. The molecule has 1 aromatic rings. The van der Waals surface area contributed by atoms with Gasteiger partial charge in [-0.25, -0.2) is 4.79 Å². The van der Waals surface area contributed by atoms with Crippen molar-refractivity contribution < 1.29 is 38.3 Å². The van der Waals surface area contributed by atoms with Crippen LogP contribution < -0.4 is 31.5 Å².